The first-order valence-electron chi connectivity index (χ1n) is 9.95. The van der Waals surface area contributed by atoms with Gasteiger partial charge in [0.05, 0.1) is 0 Å². The van der Waals surface area contributed by atoms with Gasteiger partial charge in [0.2, 0.25) is 0 Å². The fourth-order valence-corrected chi connectivity index (χ4v) is 3.16. The molecule has 0 saturated heterocycles. The van der Waals surface area contributed by atoms with Gasteiger partial charge in [-0.15, -0.1) is 0 Å². The van der Waals surface area contributed by atoms with Gasteiger partial charge in [0.25, 0.3) is 0 Å². The number of aryl methyl sites for hydroxylation is 1. The van der Waals surface area contributed by atoms with Crippen molar-refractivity contribution in [1.82, 2.24) is 0 Å². The van der Waals surface area contributed by atoms with Gasteiger partial charge < -0.3 is 14.9 Å². The van der Waals surface area contributed by atoms with E-state index in [9.17, 15) is 15.0 Å². The molecule has 4 heteroatoms. The Morgan fingerprint density at radius 3 is 2.07 bits per heavy atom. The predicted molar refractivity (Wildman–Crippen MR) is 114 cm³/mol. The Morgan fingerprint density at radius 1 is 0.828 bits per heavy atom. The summed E-state index contributed by atoms with van der Waals surface area (Å²) in [6.45, 7) is 2.30. The van der Waals surface area contributed by atoms with Crippen LogP contribution in [0.15, 0.2) is 66.7 Å². The van der Waals surface area contributed by atoms with Crippen LogP contribution in [0.2, 0.25) is 0 Å². The zero-order chi connectivity index (χ0) is 20.6. The molecule has 150 valence electrons. The second-order valence-electron chi connectivity index (χ2n) is 7.10. The molecule has 3 aromatic carbocycles. The number of phenols is 2. The Morgan fingerprint density at radius 2 is 1.45 bits per heavy atom. The summed E-state index contributed by atoms with van der Waals surface area (Å²) in [5.74, 6) is -1.49. The molecule has 0 aliphatic carbocycles. The van der Waals surface area contributed by atoms with E-state index in [-0.39, 0.29) is 17.9 Å². The third-order valence-electron chi connectivity index (χ3n) is 4.91. The third-order valence-corrected chi connectivity index (χ3v) is 4.91. The fraction of sp³-hybridized carbons (Fsp3) is 0.240. The Labute approximate surface area is 171 Å². The highest BCUT2D eigenvalue weighted by atomic mass is 16.5. The smallest absolute Gasteiger partial charge is 0.342 e. The van der Waals surface area contributed by atoms with E-state index >= 15 is 0 Å². The summed E-state index contributed by atoms with van der Waals surface area (Å²) in [6.07, 6.45) is 4.84. The van der Waals surface area contributed by atoms with Gasteiger partial charge in [-0.1, -0.05) is 74.4 Å². The van der Waals surface area contributed by atoms with Crippen molar-refractivity contribution in [2.75, 3.05) is 0 Å². The normalized spacial score (nSPS) is 10.7. The minimum Gasteiger partial charge on any atom is -0.504 e. The molecule has 0 spiro atoms. The molecule has 3 aromatic rings. The molecule has 0 bridgehead atoms. The van der Waals surface area contributed by atoms with Crippen LogP contribution in [-0.4, -0.2) is 16.2 Å². The van der Waals surface area contributed by atoms with Crippen molar-refractivity contribution in [3.63, 3.8) is 0 Å². The van der Waals surface area contributed by atoms with E-state index in [0.717, 1.165) is 23.1 Å². The second-order valence-corrected chi connectivity index (χ2v) is 7.10. The molecule has 2 N–H and O–H groups in total. The molecular formula is C25H26O4. The molecule has 0 fully saturated rings. The number of hydrogen-bond acceptors (Lipinski definition) is 4. The summed E-state index contributed by atoms with van der Waals surface area (Å²) in [4.78, 5) is 12.1. The molecule has 0 atom stereocenters. The summed E-state index contributed by atoms with van der Waals surface area (Å²) in [5, 5.41) is 19.2. The maximum atomic E-state index is 12.1. The molecule has 4 nitrogen and oxygen atoms in total. The Kier molecular flexibility index (Phi) is 6.90. The lowest BCUT2D eigenvalue weighted by molar-refractivity contribution is 0.0468. The number of ether oxygens (including phenoxy) is 1. The molecule has 29 heavy (non-hydrogen) atoms. The lowest BCUT2D eigenvalue weighted by atomic mass is 10.0. The number of rotatable bonds is 8. The minimum absolute atomic E-state index is 0.0550. The van der Waals surface area contributed by atoms with Crippen LogP contribution in [0.25, 0.3) is 11.1 Å². The summed E-state index contributed by atoms with van der Waals surface area (Å²) < 4.78 is 5.25. The van der Waals surface area contributed by atoms with Crippen LogP contribution in [0.1, 0.15) is 47.7 Å². The number of aromatic hydroxyl groups is 2. The molecule has 0 heterocycles. The number of carbonyl (C=O) groups is 1. The SMILES string of the molecule is CCCCCc1ccc(-c2ccc(COC(=O)c3cccc(O)c3O)cc2)cc1. The molecule has 0 unspecified atom stereocenters. The van der Waals surface area contributed by atoms with Crippen molar-refractivity contribution < 1.29 is 19.7 Å². The van der Waals surface area contributed by atoms with Gasteiger partial charge in [-0.05, 0) is 47.2 Å². The summed E-state index contributed by atoms with van der Waals surface area (Å²) in [6, 6.07) is 20.7. The maximum absolute atomic E-state index is 12.1. The first-order valence-corrected chi connectivity index (χ1v) is 9.95. The first kappa shape index (κ1) is 20.5. The van der Waals surface area contributed by atoms with Gasteiger partial charge in [0.15, 0.2) is 11.5 Å². The highest BCUT2D eigenvalue weighted by Crippen LogP contribution is 2.29. The van der Waals surface area contributed by atoms with Gasteiger partial charge in [0.1, 0.15) is 12.2 Å². The second kappa shape index (κ2) is 9.78. The highest BCUT2D eigenvalue weighted by Gasteiger charge is 2.15. The quantitative estimate of drug-likeness (QED) is 0.287. The van der Waals surface area contributed by atoms with E-state index in [4.69, 9.17) is 4.74 Å². The summed E-state index contributed by atoms with van der Waals surface area (Å²) in [7, 11) is 0. The lowest BCUT2D eigenvalue weighted by Gasteiger charge is -2.09. The molecule has 0 aliphatic rings. The molecular weight excluding hydrogens is 364 g/mol. The topological polar surface area (TPSA) is 66.8 Å². The number of unbranched alkanes of at least 4 members (excludes halogenated alkanes) is 2. The molecule has 0 radical (unpaired) electrons. The summed E-state index contributed by atoms with van der Waals surface area (Å²) in [5.41, 5.74) is 4.41. The van der Waals surface area contributed by atoms with Crippen LogP contribution >= 0.6 is 0 Å². The van der Waals surface area contributed by atoms with Crippen LogP contribution in [0, 0.1) is 0 Å². The number of para-hydroxylation sites is 1. The predicted octanol–water partition coefficient (Wildman–Crippen LogP) is 5.85. The molecule has 0 saturated carbocycles. The van der Waals surface area contributed by atoms with Gasteiger partial charge in [-0.3, -0.25) is 0 Å². The monoisotopic (exact) mass is 390 g/mol. The van der Waals surface area contributed by atoms with Crippen molar-refractivity contribution in [1.29, 1.82) is 0 Å². The van der Waals surface area contributed by atoms with Gasteiger partial charge in [-0.25, -0.2) is 4.79 Å². The van der Waals surface area contributed by atoms with E-state index in [0.29, 0.717) is 0 Å². The van der Waals surface area contributed by atoms with Gasteiger partial charge >= 0.3 is 5.97 Å². The zero-order valence-corrected chi connectivity index (χ0v) is 16.6. The minimum atomic E-state index is -0.680. The van der Waals surface area contributed by atoms with Gasteiger partial charge in [0, 0.05) is 0 Å². The number of benzene rings is 3. The van der Waals surface area contributed by atoms with E-state index in [1.165, 1.54) is 43.0 Å². The fourth-order valence-electron chi connectivity index (χ4n) is 3.16. The zero-order valence-electron chi connectivity index (χ0n) is 16.6. The number of carbonyl (C=O) groups excluding carboxylic acids is 1. The van der Waals surface area contributed by atoms with Crippen molar-refractivity contribution >= 4 is 5.97 Å². The van der Waals surface area contributed by atoms with Crippen LogP contribution in [-0.2, 0) is 17.8 Å². The van der Waals surface area contributed by atoms with Crippen molar-refractivity contribution in [3.05, 3.63) is 83.4 Å². The Hall–Kier alpha value is -3.27. The molecule has 3 rings (SSSR count). The third kappa shape index (κ3) is 5.38. The summed E-state index contributed by atoms with van der Waals surface area (Å²) >= 11 is 0. The van der Waals surface area contributed by atoms with Crippen molar-refractivity contribution in [2.45, 2.75) is 39.2 Å². The van der Waals surface area contributed by atoms with E-state index in [1.54, 1.807) is 0 Å². The van der Waals surface area contributed by atoms with E-state index in [1.807, 2.05) is 24.3 Å². The highest BCUT2D eigenvalue weighted by molar-refractivity contribution is 5.93. The van der Waals surface area contributed by atoms with Gasteiger partial charge in [-0.2, -0.15) is 0 Å². The molecule has 0 aromatic heterocycles. The standard InChI is InChI=1S/C25H26O4/c1-2-3-4-6-18-9-13-20(14-10-18)21-15-11-19(12-16-21)17-29-25(28)22-7-5-8-23(26)24(22)27/h5,7-16,26-27H,2-4,6,17H2,1H3. The Bertz CT molecular complexity index is 944. The van der Waals surface area contributed by atoms with E-state index in [2.05, 4.69) is 31.2 Å². The Balaban J connectivity index is 1.58. The number of phenolic OH excluding ortho intramolecular Hbond substituents is 2. The number of hydrogen-bond donors (Lipinski definition) is 2. The number of esters is 1. The lowest BCUT2D eigenvalue weighted by Crippen LogP contribution is -2.05. The largest absolute Gasteiger partial charge is 0.504 e. The van der Waals surface area contributed by atoms with Crippen LogP contribution < -0.4 is 0 Å². The molecule has 0 amide bonds. The first-order chi connectivity index (χ1) is 14.1. The van der Waals surface area contributed by atoms with Crippen LogP contribution in [0.5, 0.6) is 11.5 Å². The van der Waals surface area contributed by atoms with Crippen molar-refractivity contribution in [3.8, 4) is 22.6 Å². The van der Waals surface area contributed by atoms with E-state index < -0.39 is 11.7 Å². The average molecular weight is 390 g/mol. The van der Waals surface area contributed by atoms with Crippen molar-refractivity contribution in [2.24, 2.45) is 0 Å². The van der Waals surface area contributed by atoms with Crippen LogP contribution in [0.4, 0.5) is 0 Å². The maximum Gasteiger partial charge on any atom is 0.342 e. The average Bonchev–Trinajstić information content (AvgIpc) is 2.75. The van der Waals surface area contributed by atoms with Crippen LogP contribution in [0.3, 0.4) is 0 Å². The molecule has 0 aliphatic heterocycles.